The first-order valence-electron chi connectivity index (χ1n) is 7.52. The average Bonchev–Trinajstić information content (AvgIpc) is 2.47. The van der Waals surface area contributed by atoms with Crippen molar-refractivity contribution < 1.29 is 9.47 Å². The van der Waals surface area contributed by atoms with Crippen LogP contribution in [0.15, 0.2) is 4.99 Å². The molecule has 0 bridgehead atoms. The second kappa shape index (κ2) is 10.9. The van der Waals surface area contributed by atoms with Crippen LogP contribution in [0.1, 0.15) is 19.8 Å². The van der Waals surface area contributed by atoms with Crippen molar-refractivity contribution in [1.29, 1.82) is 0 Å². The van der Waals surface area contributed by atoms with Gasteiger partial charge in [-0.25, -0.2) is 0 Å². The topological polar surface area (TPSA) is 58.1 Å². The zero-order chi connectivity index (χ0) is 14.6. The molecule has 0 spiro atoms. The third kappa shape index (κ3) is 7.67. The van der Waals surface area contributed by atoms with E-state index in [0.29, 0.717) is 6.61 Å². The Morgan fingerprint density at radius 3 is 2.75 bits per heavy atom. The molecule has 1 atom stereocenters. The molecule has 1 aliphatic heterocycles. The van der Waals surface area contributed by atoms with E-state index in [1.165, 1.54) is 6.42 Å². The molecule has 0 amide bonds. The highest BCUT2D eigenvalue weighted by Gasteiger charge is 2.09. The predicted molar refractivity (Wildman–Crippen MR) is 82.3 cm³/mol. The van der Waals surface area contributed by atoms with E-state index in [0.717, 1.165) is 51.8 Å². The van der Waals surface area contributed by atoms with Crippen LogP contribution in [-0.4, -0.2) is 77.1 Å². The van der Waals surface area contributed by atoms with Crippen LogP contribution >= 0.6 is 0 Å². The molecular formula is C14H30N4O2. The maximum absolute atomic E-state index is 5.34. The molecule has 0 aromatic rings. The van der Waals surface area contributed by atoms with Gasteiger partial charge in [-0.2, -0.15) is 0 Å². The highest BCUT2D eigenvalue weighted by molar-refractivity contribution is 5.79. The molecule has 20 heavy (non-hydrogen) atoms. The third-order valence-electron chi connectivity index (χ3n) is 3.32. The van der Waals surface area contributed by atoms with E-state index in [9.17, 15) is 0 Å². The van der Waals surface area contributed by atoms with Crippen LogP contribution in [0.2, 0.25) is 0 Å². The molecule has 1 unspecified atom stereocenters. The van der Waals surface area contributed by atoms with E-state index in [4.69, 9.17) is 9.47 Å². The Kier molecular flexibility index (Phi) is 9.36. The van der Waals surface area contributed by atoms with Gasteiger partial charge in [-0.1, -0.05) is 0 Å². The van der Waals surface area contributed by atoms with Crippen LogP contribution in [0, 0.1) is 0 Å². The Morgan fingerprint density at radius 1 is 1.35 bits per heavy atom. The van der Waals surface area contributed by atoms with Crippen molar-refractivity contribution in [2.45, 2.75) is 25.8 Å². The molecule has 0 aliphatic carbocycles. The van der Waals surface area contributed by atoms with Crippen LogP contribution in [0.25, 0.3) is 0 Å². The van der Waals surface area contributed by atoms with Gasteiger partial charge in [-0.3, -0.25) is 9.89 Å². The molecule has 2 N–H and O–H groups in total. The first kappa shape index (κ1) is 17.2. The summed E-state index contributed by atoms with van der Waals surface area (Å²) in [6, 6.07) is 0.263. The Bertz CT molecular complexity index is 268. The Morgan fingerprint density at radius 2 is 2.10 bits per heavy atom. The molecule has 0 saturated carbocycles. The predicted octanol–water partition coefficient (Wildman–Crippen LogP) is 0.299. The van der Waals surface area contributed by atoms with Crippen LogP contribution in [0.4, 0.5) is 0 Å². The number of unbranched alkanes of at least 4 members (excludes halogenated alkanes) is 1. The molecule has 6 heteroatoms. The molecule has 118 valence electrons. The summed E-state index contributed by atoms with van der Waals surface area (Å²) in [4.78, 5) is 6.68. The number of nitrogens with one attached hydrogen (secondary N) is 2. The quantitative estimate of drug-likeness (QED) is 0.382. The summed E-state index contributed by atoms with van der Waals surface area (Å²) >= 11 is 0. The third-order valence-corrected chi connectivity index (χ3v) is 3.32. The minimum Gasteiger partial charge on any atom is -0.383 e. The number of hydrogen-bond acceptors (Lipinski definition) is 4. The van der Waals surface area contributed by atoms with E-state index in [-0.39, 0.29) is 6.04 Å². The molecule has 1 heterocycles. The number of rotatable bonds is 8. The maximum atomic E-state index is 5.34. The smallest absolute Gasteiger partial charge is 0.191 e. The summed E-state index contributed by atoms with van der Waals surface area (Å²) < 4.78 is 10.4. The maximum Gasteiger partial charge on any atom is 0.191 e. The van der Waals surface area contributed by atoms with Crippen molar-refractivity contribution >= 4 is 5.96 Å². The van der Waals surface area contributed by atoms with E-state index in [1.54, 1.807) is 14.2 Å². The highest BCUT2D eigenvalue weighted by Crippen LogP contribution is 1.99. The first-order valence-corrected chi connectivity index (χ1v) is 7.52. The van der Waals surface area contributed by atoms with Crippen molar-refractivity contribution in [3.63, 3.8) is 0 Å². The molecule has 1 fully saturated rings. The van der Waals surface area contributed by atoms with Crippen molar-refractivity contribution in [3.8, 4) is 0 Å². The summed E-state index contributed by atoms with van der Waals surface area (Å²) in [6.07, 6.45) is 2.36. The SMILES string of the molecule is CN=C(NCCCCN1CCOCC1)NC(C)COC. The van der Waals surface area contributed by atoms with Gasteiger partial charge in [-0.05, 0) is 26.3 Å². The Labute approximate surface area is 122 Å². The number of ether oxygens (including phenoxy) is 2. The number of morpholine rings is 1. The monoisotopic (exact) mass is 286 g/mol. The molecule has 1 saturated heterocycles. The minimum absolute atomic E-state index is 0.263. The molecular weight excluding hydrogens is 256 g/mol. The van der Waals surface area contributed by atoms with Crippen molar-refractivity contribution in [2.75, 3.05) is 60.2 Å². The number of guanidine groups is 1. The number of hydrogen-bond donors (Lipinski definition) is 2. The lowest BCUT2D eigenvalue weighted by molar-refractivity contribution is 0.0372. The van der Waals surface area contributed by atoms with E-state index < -0.39 is 0 Å². The summed E-state index contributed by atoms with van der Waals surface area (Å²) in [6.45, 7) is 8.78. The Hall–Kier alpha value is -0.850. The zero-order valence-corrected chi connectivity index (χ0v) is 13.2. The van der Waals surface area contributed by atoms with Gasteiger partial charge in [0, 0.05) is 39.8 Å². The summed E-state index contributed by atoms with van der Waals surface area (Å²) in [5.74, 6) is 0.848. The largest absolute Gasteiger partial charge is 0.383 e. The normalized spacial score (nSPS) is 18.9. The summed E-state index contributed by atoms with van der Waals surface area (Å²) in [5.41, 5.74) is 0. The second-order valence-electron chi connectivity index (χ2n) is 5.16. The standard InChI is InChI=1S/C14H30N4O2/c1-13(12-19-3)17-14(15-2)16-6-4-5-7-18-8-10-20-11-9-18/h13H,4-12H2,1-3H3,(H2,15,16,17). The van der Waals surface area contributed by atoms with Crippen LogP contribution in [0.3, 0.4) is 0 Å². The van der Waals surface area contributed by atoms with Crippen LogP contribution < -0.4 is 10.6 Å². The number of methoxy groups -OCH3 is 1. The van der Waals surface area contributed by atoms with Gasteiger partial charge in [0.15, 0.2) is 5.96 Å². The minimum atomic E-state index is 0.263. The molecule has 0 aromatic heterocycles. The lowest BCUT2D eigenvalue weighted by Gasteiger charge is -2.26. The van der Waals surface area contributed by atoms with Gasteiger partial charge in [-0.15, -0.1) is 0 Å². The van der Waals surface area contributed by atoms with E-state index >= 15 is 0 Å². The fourth-order valence-corrected chi connectivity index (χ4v) is 2.21. The fourth-order valence-electron chi connectivity index (χ4n) is 2.21. The van der Waals surface area contributed by atoms with Crippen molar-refractivity contribution in [1.82, 2.24) is 15.5 Å². The lowest BCUT2D eigenvalue weighted by Crippen LogP contribution is -2.44. The molecule has 1 aliphatic rings. The zero-order valence-electron chi connectivity index (χ0n) is 13.2. The van der Waals surface area contributed by atoms with E-state index in [2.05, 4.69) is 27.4 Å². The summed E-state index contributed by atoms with van der Waals surface area (Å²) in [5, 5.41) is 6.63. The molecule has 0 aromatic carbocycles. The van der Waals surface area contributed by atoms with Gasteiger partial charge < -0.3 is 20.1 Å². The van der Waals surface area contributed by atoms with E-state index in [1.807, 2.05) is 0 Å². The fraction of sp³-hybridized carbons (Fsp3) is 0.929. The number of nitrogens with zero attached hydrogens (tertiary/aromatic N) is 2. The van der Waals surface area contributed by atoms with Gasteiger partial charge in [0.05, 0.1) is 19.8 Å². The molecule has 6 nitrogen and oxygen atoms in total. The lowest BCUT2D eigenvalue weighted by atomic mass is 10.2. The van der Waals surface area contributed by atoms with Crippen LogP contribution in [0.5, 0.6) is 0 Å². The van der Waals surface area contributed by atoms with Crippen molar-refractivity contribution in [2.24, 2.45) is 4.99 Å². The first-order chi connectivity index (χ1) is 9.76. The Balaban J connectivity index is 2.03. The number of aliphatic imine (C=N–C) groups is 1. The van der Waals surface area contributed by atoms with Gasteiger partial charge >= 0.3 is 0 Å². The van der Waals surface area contributed by atoms with Gasteiger partial charge in [0.25, 0.3) is 0 Å². The average molecular weight is 286 g/mol. The summed E-state index contributed by atoms with van der Waals surface area (Å²) in [7, 11) is 3.50. The van der Waals surface area contributed by atoms with Crippen molar-refractivity contribution in [3.05, 3.63) is 0 Å². The second-order valence-corrected chi connectivity index (χ2v) is 5.16. The van der Waals surface area contributed by atoms with Gasteiger partial charge in [0.2, 0.25) is 0 Å². The molecule has 0 radical (unpaired) electrons. The van der Waals surface area contributed by atoms with Crippen LogP contribution in [-0.2, 0) is 9.47 Å². The highest BCUT2D eigenvalue weighted by atomic mass is 16.5. The van der Waals surface area contributed by atoms with Gasteiger partial charge in [0.1, 0.15) is 0 Å². The molecule has 1 rings (SSSR count).